The summed E-state index contributed by atoms with van der Waals surface area (Å²) in [6.07, 6.45) is 3.07. The van der Waals surface area contributed by atoms with Crippen LogP contribution in [0, 0.1) is 0 Å². The second-order valence-corrected chi connectivity index (χ2v) is 4.98. The Kier molecular flexibility index (Phi) is 2.36. The molecule has 3 nitrogen and oxygen atoms in total. The Hall–Kier alpha value is -1.42. The minimum absolute atomic E-state index is 0.0258. The van der Waals surface area contributed by atoms with E-state index in [-0.39, 0.29) is 5.56 Å². The molecule has 0 bridgehead atoms. The largest absolute Gasteiger partial charge is 0.310 e. The summed E-state index contributed by atoms with van der Waals surface area (Å²) in [5.74, 6) is 1.37. The summed E-state index contributed by atoms with van der Waals surface area (Å²) < 4.78 is 0. The lowest BCUT2D eigenvalue weighted by Crippen LogP contribution is -2.12. The van der Waals surface area contributed by atoms with E-state index in [0.717, 1.165) is 30.8 Å². The molecule has 0 atom stereocenters. The van der Waals surface area contributed by atoms with E-state index in [1.165, 1.54) is 5.56 Å². The smallest absolute Gasteiger partial charge is 0.251 e. The molecule has 0 unspecified atom stereocenters. The molecule has 4 heteroatoms. The lowest BCUT2D eigenvalue weighted by Gasteiger charge is -2.01. The molecule has 1 N–H and O–H groups in total. The topological polar surface area (TPSA) is 45.8 Å². The first kappa shape index (κ1) is 9.78. The van der Waals surface area contributed by atoms with Crippen molar-refractivity contribution in [2.45, 2.75) is 25.2 Å². The lowest BCUT2D eigenvalue weighted by molar-refractivity contribution is 0.871. The van der Waals surface area contributed by atoms with Gasteiger partial charge in [0.15, 0.2) is 0 Å². The molecule has 2 aromatic rings. The van der Waals surface area contributed by atoms with Crippen LogP contribution in [0.25, 0.3) is 0 Å². The van der Waals surface area contributed by atoms with Gasteiger partial charge in [0.1, 0.15) is 5.82 Å². The van der Waals surface area contributed by atoms with Crippen molar-refractivity contribution in [1.82, 2.24) is 9.97 Å². The van der Waals surface area contributed by atoms with E-state index in [1.54, 1.807) is 17.4 Å². The molecule has 1 saturated carbocycles. The summed E-state index contributed by atoms with van der Waals surface area (Å²) in [5.41, 5.74) is 2.08. The molecular weight excluding hydrogens is 220 g/mol. The van der Waals surface area contributed by atoms with Gasteiger partial charge in [0.05, 0.1) is 5.69 Å². The third-order valence-electron chi connectivity index (χ3n) is 2.74. The van der Waals surface area contributed by atoms with Crippen molar-refractivity contribution in [2.24, 2.45) is 0 Å². The van der Waals surface area contributed by atoms with Gasteiger partial charge in [-0.1, -0.05) is 0 Å². The highest BCUT2D eigenvalue weighted by Gasteiger charge is 2.26. The van der Waals surface area contributed by atoms with E-state index in [1.807, 2.05) is 5.38 Å². The highest BCUT2D eigenvalue weighted by molar-refractivity contribution is 7.07. The standard InChI is InChI=1S/C12H12N2OS/c15-11-6-10(5-8-3-4-16-7-8)13-12(14-11)9-1-2-9/h3-4,6-7,9H,1-2,5H2,(H,13,14,15). The van der Waals surface area contributed by atoms with Gasteiger partial charge in [0.25, 0.3) is 5.56 Å². The lowest BCUT2D eigenvalue weighted by atomic mass is 10.2. The molecule has 16 heavy (non-hydrogen) atoms. The molecule has 2 heterocycles. The third-order valence-corrected chi connectivity index (χ3v) is 3.47. The van der Waals surface area contributed by atoms with Crippen LogP contribution in [0.15, 0.2) is 27.7 Å². The molecule has 1 aliphatic carbocycles. The van der Waals surface area contributed by atoms with Crippen LogP contribution in [0.3, 0.4) is 0 Å². The van der Waals surface area contributed by atoms with Gasteiger partial charge < -0.3 is 4.98 Å². The van der Waals surface area contributed by atoms with Crippen molar-refractivity contribution in [3.63, 3.8) is 0 Å². The second kappa shape index (κ2) is 3.87. The summed E-state index contributed by atoms with van der Waals surface area (Å²) in [4.78, 5) is 18.8. The van der Waals surface area contributed by atoms with E-state index >= 15 is 0 Å². The summed E-state index contributed by atoms with van der Waals surface area (Å²) in [6, 6.07) is 3.67. The van der Waals surface area contributed by atoms with Crippen molar-refractivity contribution in [3.8, 4) is 0 Å². The van der Waals surface area contributed by atoms with Crippen molar-refractivity contribution in [1.29, 1.82) is 0 Å². The molecule has 0 aliphatic heterocycles. The van der Waals surface area contributed by atoms with Crippen LogP contribution in [-0.2, 0) is 6.42 Å². The van der Waals surface area contributed by atoms with E-state index in [2.05, 4.69) is 21.4 Å². The first-order valence-electron chi connectivity index (χ1n) is 5.42. The maximum atomic E-state index is 11.5. The zero-order chi connectivity index (χ0) is 11.0. The molecule has 0 radical (unpaired) electrons. The summed E-state index contributed by atoms with van der Waals surface area (Å²) in [5, 5.41) is 4.14. The van der Waals surface area contributed by atoms with Gasteiger partial charge in [-0.15, -0.1) is 0 Å². The minimum atomic E-state index is -0.0258. The maximum absolute atomic E-state index is 11.5. The number of nitrogens with zero attached hydrogens (tertiary/aromatic N) is 1. The third kappa shape index (κ3) is 2.07. The molecule has 0 spiro atoms. The van der Waals surface area contributed by atoms with Crippen LogP contribution in [-0.4, -0.2) is 9.97 Å². The Bertz CT molecular complexity index is 540. The van der Waals surface area contributed by atoms with Gasteiger partial charge in [0.2, 0.25) is 0 Å². The highest BCUT2D eigenvalue weighted by Crippen LogP contribution is 2.37. The maximum Gasteiger partial charge on any atom is 0.251 e. The Labute approximate surface area is 97.2 Å². The predicted molar refractivity (Wildman–Crippen MR) is 64.0 cm³/mol. The second-order valence-electron chi connectivity index (χ2n) is 4.20. The molecular formula is C12H12N2OS. The van der Waals surface area contributed by atoms with Crippen molar-refractivity contribution >= 4 is 11.3 Å². The summed E-state index contributed by atoms with van der Waals surface area (Å²) in [6.45, 7) is 0. The minimum Gasteiger partial charge on any atom is -0.310 e. The molecule has 1 fully saturated rings. The van der Waals surface area contributed by atoms with Crippen molar-refractivity contribution in [3.05, 3.63) is 50.3 Å². The molecule has 3 rings (SSSR count). The fraction of sp³-hybridized carbons (Fsp3) is 0.333. The van der Waals surface area contributed by atoms with Crippen molar-refractivity contribution < 1.29 is 0 Å². The number of aromatic amines is 1. The number of nitrogens with one attached hydrogen (secondary N) is 1. The highest BCUT2D eigenvalue weighted by atomic mass is 32.1. The van der Waals surface area contributed by atoms with E-state index < -0.39 is 0 Å². The van der Waals surface area contributed by atoms with Gasteiger partial charge in [-0.3, -0.25) is 4.79 Å². The van der Waals surface area contributed by atoms with Gasteiger partial charge in [-0.2, -0.15) is 11.3 Å². The average molecular weight is 232 g/mol. The fourth-order valence-electron chi connectivity index (χ4n) is 1.77. The Balaban J connectivity index is 1.91. The number of rotatable bonds is 3. The van der Waals surface area contributed by atoms with Crippen LogP contribution in [0.1, 0.15) is 35.8 Å². The van der Waals surface area contributed by atoms with Gasteiger partial charge in [0, 0.05) is 18.4 Å². The number of hydrogen-bond donors (Lipinski definition) is 1. The van der Waals surface area contributed by atoms with E-state index in [9.17, 15) is 4.79 Å². The monoisotopic (exact) mass is 232 g/mol. The zero-order valence-corrected chi connectivity index (χ0v) is 9.59. The molecule has 2 aromatic heterocycles. The zero-order valence-electron chi connectivity index (χ0n) is 8.77. The first-order chi connectivity index (χ1) is 7.81. The molecule has 0 saturated heterocycles. The Morgan fingerprint density at radius 3 is 3.06 bits per heavy atom. The van der Waals surface area contributed by atoms with Crippen LogP contribution in [0.2, 0.25) is 0 Å². The quantitative estimate of drug-likeness (QED) is 0.882. The summed E-state index contributed by atoms with van der Waals surface area (Å²) >= 11 is 1.67. The van der Waals surface area contributed by atoms with E-state index in [0.29, 0.717) is 5.92 Å². The van der Waals surface area contributed by atoms with Crippen LogP contribution < -0.4 is 5.56 Å². The predicted octanol–water partition coefficient (Wildman–Crippen LogP) is 2.30. The summed E-state index contributed by atoms with van der Waals surface area (Å²) in [7, 11) is 0. The SMILES string of the molecule is O=c1cc(Cc2ccsc2)nc(C2CC2)[nH]1. The number of thiophene rings is 1. The number of H-pyrrole nitrogens is 1. The Morgan fingerprint density at radius 2 is 2.38 bits per heavy atom. The molecule has 0 amide bonds. The van der Waals surface area contributed by atoms with Crippen LogP contribution in [0.5, 0.6) is 0 Å². The molecule has 0 aromatic carbocycles. The molecule has 82 valence electrons. The van der Waals surface area contributed by atoms with Crippen LogP contribution in [0.4, 0.5) is 0 Å². The van der Waals surface area contributed by atoms with Gasteiger partial charge in [-0.05, 0) is 35.2 Å². The molecule has 1 aliphatic rings. The normalized spacial score (nSPS) is 15.2. The van der Waals surface area contributed by atoms with E-state index in [4.69, 9.17) is 0 Å². The number of aromatic nitrogens is 2. The van der Waals surface area contributed by atoms with Crippen LogP contribution >= 0.6 is 11.3 Å². The first-order valence-corrected chi connectivity index (χ1v) is 6.37. The Morgan fingerprint density at radius 1 is 1.50 bits per heavy atom. The van der Waals surface area contributed by atoms with Gasteiger partial charge in [-0.25, -0.2) is 4.98 Å². The number of hydrogen-bond acceptors (Lipinski definition) is 3. The average Bonchev–Trinajstić information content (AvgIpc) is 2.98. The fourth-order valence-corrected chi connectivity index (χ4v) is 2.44. The van der Waals surface area contributed by atoms with Gasteiger partial charge >= 0.3 is 0 Å². The van der Waals surface area contributed by atoms with Crippen molar-refractivity contribution in [2.75, 3.05) is 0 Å².